The molecule has 4 rings (SSSR count). The Kier molecular flexibility index (Phi) is 5.27. The van der Waals surface area contributed by atoms with Crippen molar-refractivity contribution >= 4 is 5.69 Å². The first-order valence-electron chi connectivity index (χ1n) is 9.54. The number of nitrogens with zero attached hydrogens (tertiary/aromatic N) is 4. The SMILES string of the molecule is CCC[C@@H]1N=NN(c2ccccc2-c2ccccc2)[C@H]1N1CCOCC1. The fourth-order valence-corrected chi connectivity index (χ4v) is 3.87. The fraction of sp³-hybridized carbons (Fsp3) is 0.429. The Morgan fingerprint density at radius 1 is 1.00 bits per heavy atom. The van der Waals surface area contributed by atoms with Gasteiger partial charge in [-0.2, -0.15) is 5.11 Å². The van der Waals surface area contributed by atoms with Gasteiger partial charge < -0.3 is 4.74 Å². The molecule has 0 saturated carbocycles. The molecule has 0 unspecified atom stereocenters. The van der Waals surface area contributed by atoms with Gasteiger partial charge in [-0.25, -0.2) is 5.01 Å². The smallest absolute Gasteiger partial charge is 0.131 e. The molecule has 2 heterocycles. The third-order valence-electron chi connectivity index (χ3n) is 5.13. The molecule has 136 valence electrons. The van der Waals surface area contributed by atoms with Gasteiger partial charge in [0, 0.05) is 18.7 Å². The number of para-hydroxylation sites is 1. The van der Waals surface area contributed by atoms with Crippen LogP contribution in [0.4, 0.5) is 5.69 Å². The molecule has 1 saturated heterocycles. The Labute approximate surface area is 155 Å². The Hall–Kier alpha value is -2.24. The summed E-state index contributed by atoms with van der Waals surface area (Å²) < 4.78 is 5.57. The van der Waals surface area contributed by atoms with Crippen LogP contribution in [0.3, 0.4) is 0 Å². The molecule has 26 heavy (non-hydrogen) atoms. The number of hydrogen-bond acceptors (Lipinski definition) is 5. The van der Waals surface area contributed by atoms with E-state index in [-0.39, 0.29) is 12.2 Å². The molecule has 0 aliphatic carbocycles. The quantitative estimate of drug-likeness (QED) is 0.804. The van der Waals surface area contributed by atoms with E-state index in [0.29, 0.717) is 0 Å². The summed E-state index contributed by atoms with van der Waals surface area (Å²) in [5.74, 6) is 0. The van der Waals surface area contributed by atoms with Crippen molar-refractivity contribution < 1.29 is 4.74 Å². The minimum atomic E-state index is 0.170. The van der Waals surface area contributed by atoms with Crippen LogP contribution in [-0.2, 0) is 4.74 Å². The molecular weight excluding hydrogens is 324 g/mol. The highest BCUT2D eigenvalue weighted by Crippen LogP contribution is 2.37. The van der Waals surface area contributed by atoms with Gasteiger partial charge in [0.25, 0.3) is 0 Å². The van der Waals surface area contributed by atoms with E-state index in [1.54, 1.807) is 0 Å². The Morgan fingerprint density at radius 2 is 1.73 bits per heavy atom. The molecule has 0 spiro atoms. The van der Waals surface area contributed by atoms with Gasteiger partial charge in [-0.15, -0.1) is 0 Å². The van der Waals surface area contributed by atoms with Crippen molar-refractivity contribution in [1.82, 2.24) is 4.90 Å². The maximum Gasteiger partial charge on any atom is 0.131 e. The van der Waals surface area contributed by atoms with Crippen LogP contribution in [0.15, 0.2) is 64.9 Å². The van der Waals surface area contributed by atoms with E-state index < -0.39 is 0 Å². The van der Waals surface area contributed by atoms with Gasteiger partial charge in [0.05, 0.1) is 18.9 Å². The summed E-state index contributed by atoms with van der Waals surface area (Å²) in [6.07, 6.45) is 2.33. The maximum atomic E-state index is 5.57. The molecule has 5 heteroatoms. The molecule has 2 aliphatic heterocycles. The summed E-state index contributed by atoms with van der Waals surface area (Å²) in [4.78, 5) is 2.48. The van der Waals surface area contributed by atoms with Crippen molar-refractivity contribution in [3.63, 3.8) is 0 Å². The molecule has 0 amide bonds. The van der Waals surface area contributed by atoms with Crippen LogP contribution in [0, 0.1) is 0 Å². The van der Waals surface area contributed by atoms with Gasteiger partial charge in [-0.3, -0.25) is 4.90 Å². The third kappa shape index (κ3) is 3.37. The third-order valence-corrected chi connectivity index (χ3v) is 5.13. The second-order valence-electron chi connectivity index (χ2n) is 6.85. The van der Waals surface area contributed by atoms with Crippen LogP contribution in [0.1, 0.15) is 19.8 Å². The van der Waals surface area contributed by atoms with E-state index in [9.17, 15) is 0 Å². The average Bonchev–Trinajstić information content (AvgIpc) is 3.13. The van der Waals surface area contributed by atoms with Crippen LogP contribution in [0.25, 0.3) is 11.1 Å². The molecule has 2 atom stereocenters. The molecule has 2 aliphatic rings. The highest BCUT2D eigenvalue weighted by molar-refractivity contribution is 5.78. The molecule has 0 N–H and O–H groups in total. The number of ether oxygens (including phenoxy) is 1. The highest BCUT2D eigenvalue weighted by atomic mass is 16.5. The Balaban J connectivity index is 1.71. The number of benzene rings is 2. The first kappa shape index (κ1) is 17.2. The predicted octanol–water partition coefficient (Wildman–Crippen LogP) is 4.37. The van der Waals surface area contributed by atoms with E-state index in [1.807, 2.05) is 0 Å². The Bertz CT molecular complexity index is 743. The molecule has 2 aromatic carbocycles. The first-order valence-corrected chi connectivity index (χ1v) is 9.54. The monoisotopic (exact) mass is 350 g/mol. The topological polar surface area (TPSA) is 40.4 Å². The number of hydrogen-bond donors (Lipinski definition) is 0. The van der Waals surface area contributed by atoms with Gasteiger partial charge in [-0.05, 0) is 18.1 Å². The summed E-state index contributed by atoms with van der Waals surface area (Å²) in [5, 5.41) is 11.4. The van der Waals surface area contributed by atoms with Crippen LogP contribution in [0.2, 0.25) is 0 Å². The lowest BCUT2D eigenvalue weighted by Gasteiger charge is -2.38. The van der Waals surface area contributed by atoms with Crippen molar-refractivity contribution in [3.8, 4) is 11.1 Å². The van der Waals surface area contributed by atoms with Crippen molar-refractivity contribution in [2.24, 2.45) is 10.3 Å². The first-order chi connectivity index (χ1) is 12.9. The highest BCUT2D eigenvalue weighted by Gasteiger charge is 2.39. The predicted molar refractivity (Wildman–Crippen MR) is 104 cm³/mol. The van der Waals surface area contributed by atoms with Crippen LogP contribution < -0.4 is 5.01 Å². The maximum absolute atomic E-state index is 5.57. The molecule has 0 bridgehead atoms. The molecule has 2 aromatic rings. The lowest BCUT2D eigenvalue weighted by Crippen LogP contribution is -2.53. The minimum Gasteiger partial charge on any atom is -0.379 e. The van der Waals surface area contributed by atoms with Gasteiger partial charge >= 0.3 is 0 Å². The molecular formula is C21H26N4O. The van der Waals surface area contributed by atoms with Crippen molar-refractivity contribution in [3.05, 3.63) is 54.6 Å². The molecule has 0 aromatic heterocycles. The fourth-order valence-electron chi connectivity index (χ4n) is 3.87. The van der Waals surface area contributed by atoms with Crippen molar-refractivity contribution in [2.45, 2.75) is 32.0 Å². The van der Waals surface area contributed by atoms with Crippen LogP contribution >= 0.6 is 0 Å². The van der Waals surface area contributed by atoms with E-state index in [2.05, 4.69) is 81.8 Å². The number of rotatable bonds is 5. The zero-order valence-corrected chi connectivity index (χ0v) is 15.3. The van der Waals surface area contributed by atoms with Crippen LogP contribution in [-0.4, -0.2) is 43.4 Å². The summed E-state index contributed by atoms with van der Waals surface area (Å²) in [6, 6.07) is 19.2. The summed E-state index contributed by atoms with van der Waals surface area (Å²) >= 11 is 0. The second-order valence-corrected chi connectivity index (χ2v) is 6.85. The van der Waals surface area contributed by atoms with Gasteiger partial charge in [-0.1, -0.05) is 67.1 Å². The van der Waals surface area contributed by atoms with Crippen LogP contribution in [0.5, 0.6) is 0 Å². The standard InChI is InChI=1S/C21H26N4O/c1-2-8-19-21(24-13-15-26-16-14-24)25(23-22-19)20-12-7-6-11-18(20)17-9-4-3-5-10-17/h3-7,9-12,19,21H,2,8,13-16H2,1H3/t19-,21+/m0/s1. The zero-order chi connectivity index (χ0) is 17.8. The average molecular weight is 350 g/mol. The summed E-state index contributed by atoms with van der Waals surface area (Å²) in [7, 11) is 0. The number of anilines is 1. The largest absolute Gasteiger partial charge is 0.379 e. The van der Waals surface area contributed by atoms with E-state index >= 15 is 0 Å². The molecule has 1 fully saturated rings. The summed E-state index contributed by atoms with van der Waals surface area (Å²) in [5.41, 5.74) is 3.53. The minimum absolute atomic E-state index is 0.170. The Morgan fingerprint density at radius 3 is 2.50 bits per heavy atom. The lowest BCUT2D eigenvalue weighted by atomic mass is 10.0. The number of morpholine rings is 1. The van der Waals surface area contributed by atoms with Crippen molar-refractivity contribution in [2.75, 3.05) is 31.3 Å². The van der Waals surface area contributed by atoms with Gasteiger partial charge in [0.15, 0.2) is 0 Å². The molecule has 0 radical (unpaired) electrons. The van der Waals surface area contributed by atoms with Gasteiger partial charge in [0.2, 0.25) is 0 Å². The van der Waals surface area contributed by atoms with Gasteiger partial charge in [0.1, 0.15) is 12.2 Å². The van der Waals surface area contributed by atoms with Crippen molar-refractivity contribution in [1.29, 1.82) is 0 Å². The normalized spacial score (nSPS) is 23.5. The lowest BCUT2D eigenvalue weighted by molar-refractivity contribution is 0.0136. The van der Waals surface area contributed by atoms with E-state index in [1.165, 1.54) is 11.1 Å². The summed E-state index contributed by atoms with van der Waals surface area (Å²) in [6.45, 7) is 5.64. The van der Waals surface area contributed by atoms with E-state index in [0.717, 1.165) is 44.8 Å². The van der Waals surface area contributed by atoms with E-state index in [4.69, 9.17) is 4.74 Å². The molecule has 5 nitrogen and oxygen atoms in total. The second kappa shape index (κ2) is 7.98. The zero-order valence-electron chi connectivity index (χ0n) is 15.3.